The molecule has 1 aliphatic rings. The highest BCUT2D eigenvalue weighted by Crippen LogP contribution is 2.41. The maximum absolute atomic E-state index is 13.8. The van der Waals surface area contributed by atoms with Crippen LogP contribution in [0.1, 0.15) is 27.7 Å². The zero-order valence-electron chi connectivity index (χ0n) is 16.3. The van der Waals surface area contributed by atoms with Crippen LogP contribution >= 0.6 is 0 Å². The number of anilines is 1. The number of methoxy groups -OCH3 is 1. The largest absolute Gasteiger partial charge is 0.497 e. The molecule has 1 amide bonds. The smallest absolute Gasteiger partial charge is 0.295 e. The Morgan fingerprint density at radius 2 is 1.68 bits per heavy atom. The summed E-state index contributed by atoms with van der Waals surface area (Å²) in [7, 11) is 1.50. The predicted molar refractivity (Wildman–Crippen MR) is 110 cm³/mol. The lowest BCUT2D eigenvalue weighted by Crippen LogP contribution is -2.29. The molecule has 31 heavy (non-hydrogen) atoms. The number of hydrogen-bond acceptors (Lipinski definition) is 4. The Labute approximate surface area is 175 Å². The highest BCUT2D eigenvalue weighted by molar-refractivity contribution is 6.10. The summed E-state index contributed by atoms with van der Waals surface area (Å²) >= 11 is 0. The van der Waals surface area contributed by atoms with Crippen LogP contribution in [-0.2, 0) is 0 Å². The first-order valence-electron chi connectivity index (χ1n) is 9.47. The second kappa shape index (κ2) is 7.05. The van der Waals surface area contributed by atoms with Gasteiger partial charge in [0.25, 0.3) is 5.91 Å². The van der Waals surface area contributed by atoms with E-state index >= 15 is 0 Å². The molecule has 4 aromatic rings. The molecule has 154 valence electrons. The van der Waals surface area contributed by atoms with E-state index in [1.54, 1.807) is 24.3 Å². The van der Waals surface area contributed by atoms with Gasteiger partial charge in [0.05, 0.1) is 24.1 Å². The molecule has 1 atom stereocenters. The van der Waals surface area contributed by atoms with Crippen LogP contribution in [0.15, 0.2) is 75.9 Å². The van der Waals surface area contributed by atoms with Gasteiger partial charge < -0.3 is 9.15 Å². The minimum atomic E-state index is -0.876. The number of hydrogen-bond donors (Lipinski definition) is 0. The molecule has 2 heterocycles. The van der Waals surface area contributed by atoms with Crippen molar-refractivity contribution < 1.29 is 22.7 Å². The van der Waals surface area contributed by atoms with E-state index in [0.29, 0.717) is 17.0 Å². The van der Waals surface area contributed by atoms with Crippen molar-refractivity contribution in [3.63, 3.8) is 0 Å². The number of rotatable bonds is 3. The van der Waals surface area contributed by atoms with Crippen molar-refractivity contribution in [1.29, 1.82) is 0 Å². The van der Waals surface area contributed by atoms with Gasteiger partial charge in [0, 0.05) is 11.8 Å². The SMILES string of the molecule is COc1cccc(N2C(=O)c3oc4ccc(F)cc4c(=O)c3C2c2ccc(F)cc2)c1. The van der Waals surface area contributed by atoms with Crippen molar-refractivity contribution in [3.8, 4) is 5.75 Å². The molecule has 0 saturated heterocycles. The van der Waals surface area contributed by atoms with Crippen LogP contribution in [0.4, 0.5) is 14.5 Å². The van der Waals surface area contributed by atoms with Gasteiger partial charge in [-0.1, -0.05) is 18.2 Å². The summed E-state index contributed by atoms with van der Waals surface area (Å²) < 4.78 is 38.4. The van der Waals surface area contributed by atoms with E-state index in [2.05, 4.69) is 0 Å². The Balaban J connectivity index is 1.81. The maximum atomic E-state index is 13.8. The molecule has 0 radical (unpaired) electrons. The lowest BCUT2D eigenvalue weighted by Gasteiger charge is -2.25. The minimum absolute atomic E-state index is 0.0335. The second-order valence-corrected chi connectivity index (χ2v) is 7.15. The highest BCUT2D eigenvalue weighted by Gasteiger charge is 2.43. The number of carbonyl (C=O) groups is 1. The van der Waals surface area contributed by atoms with Gasteiger partial charge in [0.1, 0.15) is 23.0 Å². The molecular weight excluding hydrogens is 404 g/mol. The topological polar surface area (TPSA) is 59.8 Å². The molecule has 0 saturated carbocycles. The Kier molecular flexibility index (Phi) is 4.32. The van der Waals surface area contributed by atoms with Gasteiger partial charge in [-0.25, -0.2) is 8.78 Å². The van der Waals surface area contributed by atoms with Crippen molar-refractivity contribution in [2.75, 3.05) is 12.0 Å². The zero-order chi connectivity index (χ0) is 21.7. The molecule has 1 aliphatic heterocycles. The summed E-state index contributed by atoms with van der Waals surface area (Å²) in [5.74, 6) is -1.17. The van der Waals surface area contributed by atoms with Gasteiger partial charge in [-0.05, 0) is 48.0 Å². The van der Waals surface area contributed by atoms with E-state index < -0.39 is 29.0 Å². The minimum Gasteiger partial charge on any atom is -0.497 e. The highest BCUT2D eigenvalue weighted by atomic mass is 19.1. The van der Waals surface area contributed by atoms with E-state index in [4.69, 9.17) is 9.15 Å². The van der Waals surface area contributed by atoms with Crippen LogP contribution in [0.2, 0.25) is 0 Å². The van der Waals surface area contributed by atoms with Crippen LogP contribution < -0.4 is 15.1 Å². The van der Waals surface area contributed by atoms with E-state index in [9.17, 15) is 18.4 Å². The normalized spacial score (nSPS) is 15.4. The number of nitrogens with zero attached hydrogens (tertiary/aromatic N) is 1. The molecule has 0 bridgehead atoms. The Hall–Kier alpha value is -4.00. The third-order valence-electron chi connectivity index (χ3n) is 5.35. The van der Waals surface area contributed by atoms with E-state index in [1.807, 2.05) is 0 Å². The first-order chi connectivity index (χ1) is 15.0. The van der Waals surface area contributed by atoms with Crippen molar-refractivity contribution in [3.05, 3.63) is 105 Å². The van der Waals surface area contributed by atoms with Crippen molar-refractivity contribution >= 4 is 22.6 Å². The maximum Gasteiger partial charge on any atom is 0.295 e. The van der Waals surface area contributed by atoms with Gasteiger partial charge in [-0.3, -0.25) is 14.5 Å². The Bertz CT molecular complexity index is 1400. The van der Waals surface area contributed by atoms with Crippen molar-refractivity contribution in [2.45, 2.75) is 6.04 Å². The lowest BCUT2D eigenvalue weighted by atomic mass is 9.98. The fourth-order valence-corrected chi connectivity index (χ4v) is 3.93. The van der Waals surface area contributed by atoms with Crippen LogP contribution in [0.5, 0.6) is 5.75 Å². The molecule has 0 spiro atoms. The van der Waals surface area contributed by atoms with Crippen LogP contribution in [-0.4, -0.2) is 13.0 Å². The summed E-state index contributed by atoms with van der Waals surface area (Å²) in [5, 5.41) is 0.0335. The third kappa shape index (κ3) is 2.97. The molecule has 0 N–H and O–H groups in total. The van der Waals surface area contributed by atoms with Gasteiger partial charge >= 0.3 is 0 Å². The number of benzene rings is 3. The van der Waals surface area contributed by atoms with E-state index in [1.165, 1.54) is 42.3 Å². The summed E-state index contributed by atoms with van der Waals surface area (Å²) in [5.41, 5.74) is 0.671. The van der Waals surface area contributed by atoms with Gasteiger partial charge in [0.2, 0.25) is 5.76 Å². The van der Waals surface area contributed by atoms with E-state index in [-0.39, 0.29) is 22.3 Å². The summed E-state index contributed by atoms with van der Waals surface area (Å²) in [6.07, 6.45) is 0. The molecule has 0 aliphatic carbocycles. The molecule has 7 heteroatoms. The van der Waals surface area contributed by atoms with Crippen molar-refractivity contribution in [1.82, 2.24) is 0 Å². The van der Waals surface area contributed by atoms with Gasteiger partial charge in [-0.2, -0.15) is 0 Å². The van der Waals surface area contributed by atoms with Crippen molar-refractivity contribution in [2.24, 2.45) is 0 Å². The Morgan fingerprint density at radius 3 is 2.42 bits per heavy atom. The molecular formula is C24H15F2NO4. The number of amides is 1. The summed E-state index contributed by atoms with van der Waals surface area (Å²) in [4.78, 5) is 28.2. The lowest BCUT2D eigenvalue weighted by molar-refractivity contribution is 0.0971. The van der Waals surface area contributed by atoms with Gasteiger partial charge in [0.15, 0.2) is 5.43 Å². The van der Waals surface area contributed by atoms with E-state index in [0.717, 1.165) is 12.1 Å². The third-order valence-corrected chi connectivity index (χ3v) is 5.35. The molecule has 1 aromatic heterocycles. The fourth-order valence-electron chi connectivity index (χ4n) is 3.93. The standard InChI is InChI=1S/C24H15F2NO4/c1-30-17-4-2-3-16(12-17)27-21(13-5-7-14(25)8-6-13)20-22(28)18-11-15(26)9-10-19(18)31-23(20)24(27)29/h2-12,21H,1H3. The molecule has 5 rings (SSSR count). The number of fused-ring (bicyclic) bond motifs is 2. The average Bonchev–Trinajstić information content (AvgIpc) is 3.07. The fraction of sp³-hybridized carbons (Fsp3) is 0.0833. The zero-order valence-corrected chi connectivity index (χ0v) is 16.3. The monoisotopic (exact) mass is 419 g/mol. The molecule has 0 fully saturated rings. The number of halogens is 2. The average molecular weight is 419 g/mol. The first-order valence-corrected chi connectivity index (χ1v) is 9.47. The van der Waals surface area contributed by atoms with Crippen LogP contribution in [0, 0.1) is 11.6 Å². The first kappa shape index (κ1) is 19.0. The van der Waals surface area contributed by atoms with Gasteiger partial charge in [-0.15, -0.1) is 0 Å². The van der Waals surface area contributed by atoms with Crippen LogP contribution in [0.25, 0.3) is 11.0 Å². The Morgan fingerprint density at radius 1 is 0.935 bits per heavy atom. The second-order valence-electron chi connectivity index (χ2n) is 7.15. The summed E-state index contributed by atoms with van der Waals surface area (Å²) in [6.45, 7) is 0. The number of carbonyl (C=O) groups excluding carboxylic acids is 1. The molecule has 5 nitrogen and oxygen atoms in total. The molecule has 1 unspecified atom stereocenters. The predicted octanol–water partition coefficient (Wildman–Crippen LogP) is 4.83. The summed E-state index contributed by atoms with van der Waals surface area (Å²) in [6, 6.07) is 15.0. The quantitative estimate of drug-likeness (QED) is 0.477. The molecule has 3 aromatic carbocycles. The van der Waals surface area contributed by atoms with Crippen LogP contribution in [0.3, 0.4) is 0 Å². The number of ether oxygens (including phenoxy) is 1.